The summed E-state index contributed by atoms with van der Waals surface area (Å²) in [6.07, 6.45) is 2.81. The number of anilines is 1. The minimum atomic E-state index is -0.00206. The molecule has 0 aliphatic carbocycles. The Morgan fingerprint density at radius 2 is 2.05 bits per heavy atom. The third-order valence-electron chi connectivity index (χ3n) is 4.30. The Bertz CT molecular complexity index is 396. The van der Waals surface area contributed by atoms with E-state index >= 15 is 0 Å². The monoisotopic (exact) mass is 264 g/mol. The summed E-state index contributed by atoms with van der Waals surface area (Å²) in [6, 6.07) is 2.20. The zero-order valence-electron chi connectivity index (χ0n) is 13.1. The first-order valence-electron chi connectivity index (χ1n) is 7.00. The van der Waals surface area contributed by atoms with Crippen LogP contribution < -0.4 is 11.1 Å². The third kappa shape index (κ3) is 3.07. The molecule has 4 nitrogen and oxygen atoms in total. The first-order valence-corrected chi connectivity index (χ1v) is 7.00. The van der Waals surface area contributed by atoms with E-state index in [2.05, 4.69) is 57.0 Å². The normalized spacial score (nSPS) is 16.4. The molecule has 0 saturated carbocycles. The van der Waals surface area contributed by atoms with Gasteiger partial charge in [0.2, 0.25) is 0 Å². The maximum absolute atomic E-state index is 6.13. The van der Waals surface area contributed by atoms with Crippen LogP contribution in [0.3, 0.4) is 0 Å². The van der Waals surface area contributed by atoms with Gasteiger partial charge in [-0.3, -0.25) is 0 Å². The van der Waals surface area contributed by atoms with Crippen LogP contribution in [0.4, 0.5) is 5.82 Å². The molecule has 0 radical (unpaired) electrons. The number of hydrogen-bond donors (Lipinski definition) is 2. The van der Waals surface area contributed by atoms with Crippen molar-refractivity contribution in [2.24, 2.45) is 0 Å². The van der Waals surface area contributed by atoms with Gasteiger partial charge >= 0.3 is 0 Å². The number of likely N-dealkylation sites (N-methyl/N-ethyl adjacent to an activating group) is 2. The smallest absolute Gasteiger partial charge is 0.128 e. The highest BCUT2D eigenvalue weighted by Gasteiger charge is 2.37. The molecule has 0 aliphatic rings. The molecule has 2 unspecified atom stereocenters. The number of nitrogens with one attached hydrogen (secondary N) is 1. The van der Waals surface area contributed by atoms with Crippen molar-refractivity contribution in [1.29, 1.82) is 0 Å². The molecule has 0 saturated heterocycles. The fourth-order valence-corrected chi connectivity index (χ4v) is 2.58. The van der Waals surface area contributed by atoms with Gasteiger partial charge in [0.15, 0.2) is 0 Å². The molecular weight excluding hydrogens is 236 g/mol. The minimum absolute atomic E-state index is 0.00206. The molecule has 1 heterocycles. The largest absolute Gasteiger partial charge is 0.383 e. The van der Waals surface area contributed by atoms with Crippen molar-refractivity contribution >= 4 is 5.82 Å². The van der Waals surface area contributed by atoms with Gasteiger partial charge in [0.25, 0.3) is 0 Å². The van der Waals surface area contributed by atoms with E-state index in [0.29, 0.717) is 5.82 Å². The highest BCUT2D eigenvalue weighted by Crippen LogP contribution is 2.36. The van der Waals surface area contributed by atoms with Gasteiger partial charge in [0.1, 0.15) is 5.82 Å². The summed E-state index contributed by atoms with van der Waals surface area (Å²) in [6.45, 7) is 9.62. The molecule has 2 atom stereocenters. The summed E-state index contributed by atoms with van der Waals surface area (Å²) < 4.78 is 0. The Kier molecular flexibility index (Phi) is 5.32. The predicted octanol–water partition coefficient (Wildman–Crippen LogP) is 2.35. The lowest BCUT2D eigenvalue weighted by molar-refractivity contribution is 0.113. The maximum Gasteiger partial charge on any atom is 0.128 e. The number of aromatic nitrogens is 1. The molecule has 19 heavy (non-hydrogen) atoms. The van der Waals surface area contributed by atoms with E-state index < -0.39 is 0 Å². The molecule has 108 valence electrons. The van der Waals surface area contributed by atoms with Gasteiger partial charge in [-0.2, -0.15) is 0 Å². The Morgan fingerprint density at radius 3 is 2.47 bits per heavy atom. The fraction of sp³-hybridized carbons (Fsp3) is 0.667. The van der Waals surface area contributed by atoms with Gasteiger partial charge < -0.3 is 16.0 Å². The minimum Gasteiger partial charge on any atom is -0.383 e. The van der Waals surface area contributed by atoms with Crippen LogP contribution in [0.15, 0.2) is 12.3 Å². The van der Waals surface area contributed by atoms with Gasteiger partial charge in [-0.25, -0.2) is 4.98 Å². The number of nitrogens with zero attached hydrogens (tertiary/aromatic N) is 2. The molecule has 3 N–H and O–H groups in total. The standard InChI is InChI=1S/C15H28N4/c1-7-15(4,19(5)6)13(17-8-2)12-11(3)9-10-18-14(12)16/h9-10,13,17H,7-8H2,1-6H3,(H2,16,18). The Balaban J connectivity index is 3.35. The van der Waals surface area contributed by atoms with Crippen LogP contribution in [-0.4, -0.2) is 36.1 Å². The summed E-state index contributed by atoms with van der Waals surface area (Å²) in [4.78, 5) is 6.54. The van der Waals surface area contributed by atoms with Crippen LogP contribution in [0.1, 0.15) is 44.4 Å². The average Bonchev–Trinajstić information content (AvgIpc) is 2.36. The SMILES string of the molecule is CCNC(c1c(C)ccnc1N)C(C)(CC)N(C)C. The molecule has 0 bridgehead atoms. The summed E-state index contributed by atoms with van der Waals surface area (Å²) in [5, 5.41) is 3.59. The van der Waals surface area contributed by atoms with Crippen LogP contribution in [0, 0.1) is 6.92 Å². The maximum atomic E-state index is 6.13. The highest BCUT2D eigenvalue weighted by molar-refractivity contribution is 5.47. The van der Waals surface area contributed by atoms with Crippen LogP contribution >= 0.6 is 0 Å². The van der Waals surface area contributed by atoms with Crippen LogP contribution in [0.5, 0.6) is 0 Å². The van der Waals surface area contributed by atoms with E-state index in [-0.39, 0.29) is 11.6 Å². The van der Waals surface area contributed by atoms with Gasteiger partial charge in [-0.15, -0.1) is 0 Å². The van der Waals surface area contributed by atoms with Gasteiger partial charge in [-0.1, -0.05) is 13.8 Å². The molecule has 1 aromatic rings. The van der Waals surface area contributed by atoms with Crippen molar-refractivity contribution in [2.75, 3.05) is 26.4 Å². The van der Waals surface area contributed by atoms with Gasteiger partial charge in [0.05, 0.1) is 6.04 Å². The number of pyridine rings is 1. The lowest BCUT2D eigenvalue weighted by atomic mass is 9.82. The summed E-state index contributed by atoms with van der Waals surface area (Å²) >= 11 is 0. The summed E-state index contributed by atoms with van der Waals surface area (Å²) in [5.74, 6) is 0.632. The van der Waals surface area contributed by atoms with Crippen LogP contribution in [-0.2, 0) is 0 Å². The van der Waals surface area contributed by atoms with E-state index in [1.807, 2.05) is 6.07 Å². The van der Waals surface area contributed by atoms with Crippen molar-refractivity contribution in [3.63, 3.8) is 0 Å². The Hall–Kier alpha value is -1.13. The third-order valence-corrected chi connectivity index (χ3v) is 4.30. The van der Waals surface area contributed by atoms with E-state index in [1.165, 1.54) is 5.56 Å². The molecule has 0 spiro atoms. The molecule has 1 aromatic heterocycles. The first-order chi connectivity index (χ1) is 8.88. The predicted molar refractivity (Wildman–Crippen MR) is 82.2 cm³/mol. The number of hydrogen-bond acceptors (Lipinski definition) is 4. The number of aryl methyl sites for hydroxylation is 1. The second-order valence-electron chi connectivity index (χ2n) is 5.52. The topological polar surface area (TPSA) is 54.2 Å². The number of nitrogen functional groups attached to an aromatic ring is 1. The lowest BCUT2D eigenvalue weighted by Crippen LogP contribution is -2.51. The van der Waals surface area contributed by atoms with Crippen LogP contribution in [0.2, 0.25) is 0 Å². The Morgan fingerprint density at radius 1 is 1.42 bits per heavy atom. The van der Waals surface area contributed by atoms with Gasteiger partial charge in [0, 0.05) is 17.3 Å². The number of rotatable bonds is 6. The second kappa shape index (κ2) is 6.35. The van der Waals surface area contributed by atoms with Crippen molar-refractivity contribution in [1.82, 2.24) is 15.2 Å². The molecule has 0 amide bonds. The molecule has 0 aromatic carbocycles. The molecule has 0 aliphatic heterocycles. The van der Waals surface area contributed by atoms with E-state index in [4.69, 9.17) is 5.73 Å². The Labute approximate surface area is 117 Å². The van der Waals surface area contributed by atoms with E-state index in [9.17, 15) is 0 Å². The van der Waals surface area contributed by atoms with Crippen molar-refractivity contribution in [2.45, 2.75) is 45.7 Å². The second-order valence-corrected chi connectivity index (χ2v) is 5.52. The first kappa shape index (κ1) is 15.9. The van der Waals surface area contributed by atoms with Crippen molar-refractivity contribution < 1.29 is 0 Å². The van der Waals surface area contributed by atoms with E-state index in [1.54, 1.807) is 6.20 Å². The number of nitrogens with two attached hydrogens (primary N) is 1. The van der Waals surface area contributed by atoms with Crippen molar-refractivity contribution in [3.8, 4) is 0 Å². The fourth-order valence-electron chi connectivity index (χ4n) is 2.58. The zero-order valence-corrected chi connectivity index (χ0v) is 13.1. The van der Waals surface area contributed by atoms with Crippen LogP contribution in [0.25, 0.3) is 0 Å². The molecule has 0 fully saturated rings. The lowest BCUT2D eigenvalue weighted by Gasteiger charge is -2.44. The molecule has 1 rings (SSSR count). The van der Waals surface area contributed by atoms with Gasteiger partial charge in [-0.05, 0) is 52.5 Å². The molecule has 4 heteroatoms. The zero-order chi connectivity index (χ0) is 14.6. The summed E-state index contributed by atoms with van der Waals surface area (Å²) in [7, 11) is 4.24. The highest BCUT2D eigenvalue weighted by atomic mass is 15.2. The quantitative estimate of drug-likeness (QED) is 0.828. The van der Waals surface area contributed by atoms with E-state index in [0.717, 1.165) is 18.5 Å². The average molecular weight is 264 g/mol. The summed E-state index contributed by atoms with van der Waals surface area (Å²) in [5.41, 5.74) is 8.45. The van der Waals surface area contributed by atoms with Crippen molar-refractivity contribution in [3.05, 3.63) is 23.4 Å². The molecular formula is C15H28N4.